The second-order valence-electron chi connectivity index (χ2n) is 6.93. The van der Waals surface area contributed by atoms with Crippen LogP contribution in [0.3, 0.4) is 0 Å². The number of hydrogen-bond acceptors (Lipinski definition) is 5. The fourth-order valence-corrected chi connectivity index (χ4v) is 7.26. The highest BCUT2D eigenvalue weighted by Gasteiger charge is 2.14. The fourth-order valence-electron chi connectivity index (χ4n) is 3.08. The molecule has 1 rings (SSSR count). The Morgan fingerprint density at radius 3 is 1.90 bits per heavy atom. The van der Waals surface area contributed by atoms with Gasteiger partial charge in [0, 0.05) is 47.4 Å². The Labute approximate surface area is 202 Å². The largest absolute Gasteiger partial charge is 0.358 e. The van der Waals surface area contributed by atoms with Gasteiger partial charge in [-0.15, -0.1) is 11.3 Å². The van der Waals surface area contributed by atoms with Crippen molar-refractivity contribution in [3.05, 3.63) is 21.4 Å². The summed E-state index contributed by atoms with van der Waals surface area (Å²) in [5.41, 5.74) is 1.53. The first-order valence-corrected chi connectivity index (χ1v) is 14.5. The van der Waals surface area contributed by atoms with Gasteiger partial charge in [-0.05, 0) is 52.2 Å². The van der Waals surface area contributed by atoms with Crippen LogP contribution < -0.4 is 0 Å². The topological polar surface area (TPSA) is 6.48 Å². The van der Waals surface area contributed by atoms with Gasteiger partial charge < -0.3 is 9.80 Å². The van der Waals surface area contributed by atoms with Gasteiger partial charge in [0.15, 0.2) is 0 Å². The monoisotopic (exact) mass is 490 g/mol. The molecule has 0 aliphatic heterocycles. The number of aryl methyl sites for hydroxylation is 1. The van der Waals surface area contributed by atoms with E-state index in [4.69, 9.17) is 24.4 Å². The maximum Gasteiger partial charge on any atom is 0.136 e. The lowest BCUT2D eigenvalue weighted by Gasteiger charge is -2.20. The average Bonchev–Trinajstić information content (AvgIpc) is 3.12. The molecule has 0 unspecified atom stereocenters. The Balaban J connectivity index is 2.77. The number of rotatable bonds is 13. The molecule has 0 spiro atoms. The third-order valence-electron chi connectivity index (χ3n) is 4.96. The van der Waals surface area contributed by atoms with Gasteiger partial charge in [-0.2, -0.15) is 0 Å². The smallest absolute Gasteiger partial charge is 0.136 e. The van der Waals surface area contributed by atoms with Crippen LogP contribution in [-0.4, -0.2) is 44.6 Å². The molecule has 166 valence electrons. The van der Waals surface area contributed by atoms with E-state index in [0.29, 0.717) is 0 Å². The van der Waals surface area contributed by atoms with Crippen LogP contribution in [0.4, 0.5) is 0 Å². The molecule has 0 radical (unpaired) electrons. The van der Waals surface area contributed by atoms with Crippen LogP contribution in [0.5, 0.6) is 0 Å². The molecule has 0 atom stereocenters. The van der Waals surface area contributed by atoms with Crippen LogP contribution in [0, 0.1) is 0 Å². The van der Waals surface area contributed by atoms with Crippen molar-refractivity contribution >= 4 is 67.9 Å². The minimum atomic E-state index is 0.979. The molecule has 0 saturated carbocycles. The average molecular weight is 491 g/mol. The van der Waals surface area contributed by atoms with Crippen LogP contribution in [0.15, 0.2) is 6.07 Å². The minimum Gasteiger partial charge on any atom is -0.358 e. The highest BCUT2D eigenvalue weighted by molar-refractivity contribution is 8.22. The predicted octanol–water partition coefficient (Wildman–Crippen LogP) is 7.59. The van der Waals surface area contributed by atoms with Crippen molar-refractivity contribution in [3.63, 3.8) is 0 Å². The first-order chi connectivity index (χ1) is 14.0. The van der Waals surface area contributed by atoms with E-state index in [1.54, 1.807) is 11.8 Å². The van der Waals surface area contributed by atoms with Gasteiger partial charge in [0.2, 0.25) is 0 Å². The van der Waals surface area contributed by atoms with Gasteiger partial charge in [-0.3, -0.25) is 0 Å². The molecular weight excluding hydrogens is 453 g/mol. The molecule has 0 N–H and O–H groups in total. The molecule has 1 aromatic heterocycles. The first-order valence-electron chi connectivity index (χ1n) is 10.9. The summed E-state index contributed by atoms with van der Waals surface area (Å²) in [5, 5.41) is 0. The summed E-state index contributed by atoms with van der Waals surface area (Å²) in [6, 6.07) is 2.44. The third kappa shape index (κ3) is 9.90. The lowest BCUT2D eigenvalue weighted by Crippen LogP contribution is -2.26. The normalized spacial score (nSPS) is 10.9. The van der Waals surface area contributed by atoms with Crippen molar-refractivity contribution in [1.29, 1.82) is 0 Å². The number of thiocarbonyl (C=S) groups is 2. The predicted molar refractivity (Wildman–Crippen MR) is 146 cm³/mol. The molecule has 0 fully saturated rings. The van der Waals surface area contributed by atoms with E-state index >= 15 is 0 Å². The molecule has 2 nitrogen and oxygen atoms in total. The van der Waals surface area contributed by atoms with E-state index in [9.17, 15) is 0 Å². The summed E-state index contributed by atoms with van der Waals surface area (Å²) >= 11 is 16.9. The molecule has 0 aliphatic rings. The van der Waals surface area contributed by atoms with E-state index in [1.807, 2.05) is 23.1 Å². The quantitative estimate of drug-likeness (QED) is 0.206. The van der Waals surface area contributed by atoms with Crippen LogP contribution in [-0.2, 0) is 17.9 Å². The Morgan fingerprint density at radius 2 is 1.38 bits per heavy atom. The van der Waals surface area contributed by atoms with Crippen molar-refractivity contribution < 1.29 is 0 Å². The van der Waals surface area contributed by atoms with E-state index in [-0.39, 0.29) is 0 Å². The summed E-state index contributed by atoms with van der Waals surface area (Å²) in [6.45, 7) is 14.9. The van der Waals surface area contributed by atoms with Crippen molar-refractivity contribution in [2.75, 3.05) is 26.2 Å². The lowest BCUT2D eigenvalue weighted by atomic mass is 10.1. The van der Waals surface area contributed by atoms with Gasteiger partial charge in [-0.1, -0.05) is 74.1 Å². The standard InChI is InChI=1S/C22H38N2S5/c1-6-11-12-13-14-18-15-19(16-27-21(25)23(7-2)8-3)29-20(18)17-28-22(26)24(9-4)10-5/h15H,6-14,16-17H2,1-5H3. The van der Waals surface area contributed by atoms with Crippen LogP contribution in [0.2, 0.25) is 0 Å². The van der Waals surface area contributed by atoms with Gasteiger partial charge >= 0.3 is 0 Å². The summed E-state index contributed by atoms with van der Waals surface area (Å²) in [7, 11) is 0. The Bertz CT molecular complexity index is 606. The molecule has 7 heteroatoms. The third-order valence-corrected chi connectivity index (χ3v) is 9.62. The summed E-state index contributed by atoms with van der Waals surface area (Å²) in [4.78, 5) is 7.48. The highest BCUT2D eigenvalue weighted by atomic mass is 32.2. The molecule has 29 heavy (non-hydrogen) atoms. The highest BCUT2D eigenvalue weighted by Crippen LogP contribution is 2.32. The summed E-state index contributed by atoms with van der Waals surface area (Å²) < 4.78 is 2.05. The van der Waals surface area contributed by atoms with Crippen LogP contribution in [0.1, 0.15) is 75.6 Å². The second-order valence-corrected chi connectivity index (χ2v) is 11.4. The second kappa shape index (κ2) is 15.9. The number of nitrogens with zero attached hydrogens (tertiary/aromatic N) is 2. The molecular formula is C22H38N2S5. The van der Waals surface area contributed by atoms with E-state index < -0.39 is 0 Å². The first kappa shape index (κ1) is 27.2. The summed E-state index contributed by atoms with van der Waals surface area (Å²) in [6.07, 6.45) is 6.42. The minimum absolute atomic E-state index is 0.979. The van der Waals surface area contributed by atoms with E-state index in [2.05, 4.69) is 50.5 Å². The fraction of sp³-hybridized carbons (Fsp3) is 0.727. The molecule has 1 aromatic rings. The Kier molecular flexibility index (Phi) is 14.9. The van der Waals surface area contributed by atoms with Gasteiger partial charge in [0.1, 0.15) is 8.64 Å². The molecule has 0 saturated heterocycles. The van der Waals surface area contributed by atoms with Crippen molar-refractivity contribution in [2.45, 2.75) is 78.2 Å². The zero-order chi connectivity index (χ0) is 21.6. The maximum absolute atomic E-state index is 5.65. The molecule has 0 aromatic carbocycles. The van der Waals surface area contributed by atoms with Crippen molar-refractivity contribution in [3.8, 4) is 0 Å². The Morgan fingerprint density at radius 1 is 0.828 bits per heavy atom. The lowest BCUT2D eigenvalue weighted by molar-refractivity contribution is 0.482. The van der Waals surface area contributed by atoms with Gasteiger partial charge in [0.05, 0.1) is 0 Å². The molecule has 0 amide bonds. The number of unbranched alkanes of at least 4 members (excludes halogenated alkanes) is 3. The number of thiophene rings is 1. The SMILES string of the molecule is CCCCCCc1cc(CSC(=S)N(CC)CC)sc1CSC(=S)N(CC)CC. The van der Waals surface area contributed by atoms with Crippen LogP contribution in [0.25, 0.3) is 0 Å². The number of hydrogen-bond donors (Lipinski definition) is 0. The van der Waals surface area contributed by atoms with Gasteiger partial charge in [0.25, 0.3) is 0 Å². The summed E-state index contributed by atoms with van der Waals surface area (Å²) in [5.74, 6) is 1.97. The zero-order valence-corrected chi connectivity index (χ0v) is 22.9. The Hall–Kier alpha value is 0.180. The molecule has 0 aliphatic carbocycles. The molecule has 0 bridgehead atoms. The van der Waals surface area contributed by atoms with Crippen molar-refractivity contribution in [2.24, 2.45) is 0 Å². The zero-order valence-electron chi connectivity index (χ0n) is 18.8. The van der Waals surface area contributed by atoms with E-state index in [0.717, 1.165) is 46.3 Å². The molecule has 1 heterocycles. The van der Waals surface area contributed by atoms with Gasteiger partial charge in [-0.25, -0.2) is 0 Å². The van der Waals surface area contributed by atoms with E-state index in [1.165, 1.54) is 47.4 Å². The maximum atomic E-state index is 5.65. The van der Waals surface area contributed by atoms with Crippen LogP contribution >= 0.6 is 59.3 Å². The number of thioether (sulfide) groups is 2. The van der Waals surface area contributed by atoms with Crippen molar-refractivity contribution in [1.82, 2.24) is 9.80 Å².